The first-order valence-corrected chi connectivity index (χ1v) is 5.33. The summed E-state index contributed by atoms with van der Waals surface area (Å²) in [5.74, 6) is 0.711. The van der Waals surface area contributed by atoms with E-state index >= 15 is 0 Å². The van der Waals surface area contributed by atoms with Gasteiger partial charge in [-0.2, -0.15) is 4.98 Å². The lowest BCUT2D eigenvalue weighted by molar-refractivity contribution is 0.372. The summed E-state index contributed by atoms with van der Waals surface area (Å²) in [6.07, 6.45) is 1.66. The van der Waals surface area contributed by atoms with Gasteiger partial charge in [0, 0.05) is 6.20 Å². The average Bonchev–Trinajstić information content (AvgIpc) is 2.97. The fourth-order valence-corrected chi connectivity index (χ4v) is 1.64. The third-order valence-electron chi connectivity index (χ3n) is 2.46. The van der Waals surface area contributed by atoms with Gasteiger partial charge in [0.15, 0.2) is 11.5 Å². The van der Waals surface area contributed by atoms with Gasteiger partial charge in [0.05, 0.1) is 6.54 Å². The number of aromatic nitrogens is 5. The Morgan fingerprint density at radius 1 is 1.39 bits per heavy atom. The van der Waals surface area contributed by atoms with Crippen molar-refractivity contribution in [2.45, 2.75) is 13.1 Å². The van der Waals surface area contributed by atoms with Crippen LogP contribution in [-0.2, 0) is 13.1 Å². The zero-order valence-electron chi connectivity index (χ0n) is 9.35. The van der Waals surface area contributed by atoms with E-state index in [0.29, 0.717) is 17.4 Å². The van der Waals surface area contributed by atoms with Crippen molar-refractivity contribution in [3.05, 3.63) is 46.6 Å². The number of nitrogens with two attached hydrogens (primary N) is 1. The van der Waals surface area contributed by atoms with Gasteiger partial charge in [0.2, 0.25) is 5.89 Å². The van der Waals surface area contributed by atoms with Crippen LogP contribution in [0.25, 0.3) is 5.65 Å². The molecule has 3 aromatic rings. The largest absolute Gasteiger partial charge is 0.350 e. The molecule has 3 heterocycles. The minimum absolute atomic E-state index is 0.157. The van der Waals surface area contributed by atoms with E-state index in [4.69, 9.17) is 10.3 Å². The maximum Gasteiger partial charge on any atom is 0.350 e. The molecule has 0 aliphatic heterocycles. The number of nitrogens with zero attached hydrogens (tertiary/aromatic N) is 5. The molecule has 0 saturated heterocycles. The second-order valence-corrected chi connectivity index (χ2v) is 3.68. The average molecular weight is 246 g/mol. The lowest BCUT2D eigenvalue weighted by atomic mass is 10.5. The molecule has 0 bridgehead atoms. The van der Waals surface area contributed by atoms with Gasteiger partial charge in [0.25, 0.3) is 0 Å². The van der Waals surface area contributed by atoms with Crippen molar-refractivity contribution in [3.63, 3.8) is 0 Å². The van der Waals surface area contributed by atoms with Crippen LogP contribution in [0.3, 0.4) is 0 Å². The van der Waals surface area contributed by atoms with Crippen LogP contribution < -0.4 is 11.4 Å². The van der Waals surface area contributed by atoms with E-state index in [1.807, 2.05) is 6.07 Å². The maximum absolute atomic E-state index is 12.0. The molecule has 3 aromatic heterocycles. The smallest absolute Gasteiger partial charge is 0.338 e. The van der Waals surface area contributed by atoms with E-state index in [1.165, 1.54) is 9.08 Å². The second kappa shape index (κ2) is 4.08. The van der Waals surface area contributed by atoms with E-state index in [2.05, 4.69) is 15.2 Å². The van der Waals surface area contributed by atoms with Crippen LogP contribution in [-0.4, -0.2) is 24.3 Å². The monoisotopic (exact) mass is 246 g/mol. The van der Waals surface area contributed by atoms with E-state index in [-0.39, 0.29) is 18.8 Å². The van der Waals surface area contributed by atoms with Gasteiger partial charge in [-0.25, -0.2) is 9.48 Å². The summed E-state index contributed by atoms with van der Waals surface area (Å²) in [5, 5.41) is 7.88. The van der Waals surface area contributed by atoms with E-state index in [1.54, 1.807) is 18.3 Å². The molecule has 8 nitrogen and oxygen atoms in total. The molecule has 0 saturated carbocycles. The molecule has 18 heavy (non-hydrogen) atoms. The Bertz CT molecular complexity index is 740. The Morgan fingerprint density at radius 2 is 2.28 bits per heavy atom. The molecule has 0 aliphatic rings. The highest BCUT2D eigenvalue weighted by atomic mass is 16.5. The molecular weight excluding hydrogens is 236 g/mol. The third-order valence-corrected chi connectivity index (χ3v) is 2.46. The Labute approximate surface area is 101 Å². The van der Waals surface area contributed by atoms with Crippen LogP contribution in [0, 0.1) is 0 Å². The molecule has 0 aliphatic carbocycles. The molecular formula is C10H10N6O2. The Morgan fingerprint density at radius 3 is 3.00 bits per heavy atom. The summed E-state index contributed by atoms with van der Waals surface area (Å²) in [6, 6.07) is 5.33. The standard InChI is InChI=1S/C10H10N6O2/c11-5-9-12-7(14-18-9)6-16-10(17)15-4-2-1-3-8(15)13-16/h1-4H,5-6,11H2. The van der Waals surface area contributed by atoms with Crippen LogP contribution in [0.1, 0.15) is 11.7 Å². The normalized spacial score (nSPS) is 11.2. The Hall–Kier alpha value is -2.48. The second-order valence-electron chi connectivity index (χ2n) is 3.68. The molecule has 0 spiro atoms. The number of fused-ring (bicyclic) bond motifs is 1. The van der Waals surface area contributed by atoms with Crippen LogP contribution in [0.4, 0.5) is 0 Å². The molecule has 0 atom stereocenters. The van der Waals surface area contributed by atoms with Crippen molar-refractivity contribution in [3.8, 4) is 0 Å². The molecule has 2 N–H and O–H groups in total. The van der Waals surface area contributed by atoms with E-state index in [0.717, 1.165) is 0 Å². The molecule has 0 fully saturated rings. The molecule has 0 aromatic carbocycles. The number of hydrogen-bond donors (Lipinski definition) is 1. The SMILES string of the molecule is NCc1nc(Cn2nc3ccccn3c2=O)no1. The van der Waals surface area contributed by atoms with E-state index < -0.39 is 0 Å². The van der Waals surface area contributed by atoms with Crippen molar-refractivity contribution in [1.82, 2.24) is 24.3 Å². The predicted molar refractivity (Wildman–Crippen MR) is 60.7 cm³/mol. The molecule has 0 radical (unpaired) electrons. The Kier molecular flexibility index (Phi) is 2.41. The lowest BCUT2D eigenvalue weighted by Crippen LogP contribution is -2.22. The molecule has 8 heteroatoms. The first kappa shape index (κ1) is 10.7. The molecule has 0 unspecified atom stereocenters. The van der Waals surface area contributed by atoms with Gasteiger partial charge < -0.3 is 10.3 Å². The van der Waals surface area contributed by atoms with Gasteiger partial charge in [0.1, 0.15) is 6.54 Å². The van der Waals surface area contributed by atoms with Gasteiger partial charge in [-0.1, -0.05) is 11.2 Å². The minimum atomic E-state index is -0.246. The zero-order valence-corrected chi connectivity index (χ0v) is 9.35. The van der Waals surface area contributed by atoms with Crippen molar-refractivity contribution in [2.75, 3.05) is 0 Å². The lowest BCUT2D eigenvalue weighted by Gasteiger charge is -1.91. The van der Waals surface area contributed by atoms with Crippen molar-refractivity contribution < 1.29 is 4.52 Å². The van der Waals surface area contributed by atoms with Gasteiger partial charge >= 0.3 is 5.69 Å². The summed E-state index contributed by atoms with van der Waals surface area (Å²) in [6.45, 7) is 0.330. The van der Waals surface area contributed by atoms with Gasteiger partial charge in [-0.15, -0.1) is 5.10 Å². The fourth-order valence-electron chi connectivity index (χ4n) is 1.64. The van der Waals surface area contributed by atoms with Crippen LogP contribution in [0.2, 0.25) is 0 Å². The van der Waals surface area contributed by atoms with Crippen LogP contribution in [0.5, 0.6) is 0 Å². The maximum atomic E-state index is 12.0. The summed E-state index contributed by atoms with van der Waals surface area (Å²) >= 11 is 0. The number of pyridine rings is 1. The zero-order chi connectivity index (χ0) is 12.5. The molecule has 92 valence electrons. The highest BCUT2D eigenvalue weighted by Gasteiger charge is 2.10. The summed E-state index contributed by atoms with van der Waals surface area (Å²) < 4.78 is 7.59. The summed E-state index contributed by atoms with van der Waals surface area (Å²) in [5.41, 5.74) is 5.69. The fraction of sp³-hybridized carbons (Fsp3) is 0.200. The summed E-state index contributed by atoms with van der Waals surface area (Å²) in [7, 11) is 0. The highest BCUT2D eigenvalue weighted by molar-refractivity contribution is 5.35. The van der Waals surface area contributed by atoms with Crippen LogP contribution >= 0.6 is 0 Å². The first-order valence-electron chi connectivity index (χ1n) is 5.33. The van der Waals surface area contributed by atoms with Crippen molar-refractivity contribution in [2.24, 2.45) is 5.73 Å². The topological polar surface area (TPSA) is 104 Å². The third kappa shape index (κ3) is 1.68. The van der Waals surface area contributed by atoms with E-state index in [9.17, 15) is 4.79 Å². The Balaban J connectivity index is 1.99. The minimum Gasteiger partial charge on any atom is -0.338 e. The van der Waals surface area contributed by atoms with Gasteiger partial charge in [-0.05, 0) is 12.1 Å². The predicted octanol–water partition coefficient (Wildman–Crippen LogP) is -0.614. The molecule has 0 amide bonds. The van der Waals surface area contributed by atoms with Crippen LogP contribution in [0.15, 0.2) is 33.7 Å². The van der Waals surface area contributed by atoms with Gasteiger partial charge in [-0.3, -0.25) is 4.40 Å². The summed E-state index contributed by atoms with van der Waals surface area (Å²) in [4.78, 5) is 16.0. The van der Waals surface area contributed by atoms with Crippen molar-refractivity contribution in [1.29, 1.82) is 0 Å². The highest BCUT2D eigenvalue weighted by Crippen LogP contribution is 1.99. The number of rotatable bonds is 3. The first-order chi connectivity index (χ1) is 8.78. The molecule has 3 rings (SSSR count). The van der Waals surface area contributed by atoms with Crippen molar-refractivity contribution >= 4 is 5.65 Å². The number of hydrogen-bond acceptors (Lipinski definition) is 6. The quantitative estimate of drug-likeness (QED) is 0.660.